The Labute approximate surface area is 192 Å². The fourth-order valence-corrected chi connectivity index (χ4v) is 4.94. The molecule has 168 valence electrons. The van der Waals surface area contributed by atoms with Crippen molar-refractivity contribution in [3.05, 3.63) is 75.9 Å². The molecule has 3 aromatic rings. The Balaban J connectivity index is 1.50. The zero-order valence-corrected chi connectivity index (χ0v) is 19.3. The Kier molecular flexibility index (Phi) is 6.95. The zero-order valence-electron chi connectivity index (χ0n) is 18.5. The van der Waals surface area contributed by atoms with E-state index < -0.39 is 0 Å². The first-order valence-corrected chi connectivity index (χ1v) is 11.8. The SMILES string of the molecule is CCCN(CC(=O)N1CCc2sccc2[C@@H]1COc1ccc(C)cc1)C(=O)c1ccco1. The van der Waals surface area contributed by atoms with E-state index in [2.05, 4.69) is 11.4 Å². The van der Waals surface area contributed by atoms with E-state index in [0.29, 0.717) is 19.7 Å². The highest BCUT2D eigenvalue weighted by atomic mass is 32.1. The second-order valence-corrected chi connectivity index (χ2v) is 8.98. The zero-order chi connectivity index (χ0) is 22.5. The summed E-state index contributed by atoms with van der Waals surface area (Å²) in [5.41, 5.74) is 2.31. The van der Waals surface area contributed by atoms with Crippen LogP contribution >= 0.6 is 11.3 Å². The van der Waals surface area contributed by atoms with Crippen LogP contribution in [0.3, 0.4) is 0 Å². The molecule has 0 saturated heterocycles. The number of carbonyl (C=O) groups excluding carboxylic acids is 2. The molecule has 7 heteroatoms. The summed E-state index contributed by atoms with van der Waals surface area (Å²) in [6.07, 6.45) is 3.05. The minimum absolute atomic E-state index is 0.0217. The molecule has 4 rings (SSSR count). The third kappa shape index (κ3) is 4.88. The number of fused-ring (bicyclic) bond motifs is 1. The Morgan fingerprint density at radius 1 is 1.22 bits per heavy atom. The van der Waals surface area contributed by atoms with Crippen LogP contribution in [0, 0.1) is 6.92 Å². The van der Waals surface area contributed by atoms with Crippen LogP contribution in [-0.4, -0.2) is 47.9 Å². The number of hydrogen-bond acceptors (Lipinski definition) is 5. The number of furan rings is 1. The second-order valence-electron chi connectivity index (χ2n) is 7.98. The standard InChI is InChI=1S/C25H28N2O4S/c1-3-12-26(25(29)22-5-4-14-30-22)16-24(28)27-13-10-23-20(11-15-32-23)21(27)17-31-19-8-6-18(2)7-9-19/h4-9,11,14-15,21H,3,10,12-13,16-17H2,1-2H3/t21-/m0/s1. The van der Waals surface area contributed by atoms with Crippen LogP contribution in [0.5, 0.6) is 5.75 Å². The van der Waals surface area contributed by atoms with Gasteiger partial charge in [0.25, 0.3) is 5.91 Å². The van der Waals surface area contributed by atoms with Crippen molar-refractivity contribution in [1.29, 1.82) is 0 Å². The quantitative estimate of drug-likeness (QED) is 0.497. The number of hydrogen-bond donors (Lipinski definition) is 0. The number of carbonyl (C=O) groups is 2. The Morgan fingerprint density at radius 3 is 2.75 bits per heavy atom. The third-order valence-corrected chi connectivity index (χ3v) is 6.68. The minimum atomic E-state index is -0.258. The van der Waals surface area contributed by atoms with Crippen LogP contribution < -0.4 is 4.74 Å². The van der Waals surface area contributed by atoms with E-state index in [1.165, 1.54) is 16.7 Å². The van der Waals surface area contributed by atoms with Gasteiger partial charge in [-0.3, -0.25) is 9.59 Å². The van der Waals surface area contributed by atoms with Gasteiger partial charge in [0, 0.05) is 18.0 Å². The Morgan fingerprint density at radius 2 is 2.03 bits per heavy atom. The summed E-state index contributed by atoms with van der Waals surface area (Å²) < 4.78 is 11.3. The molecule has 1 atom stereocenters. The van der Waals surface area contributed by atoms with Crippen LogP contribution in [0.15, 0.2) is 58.5 Å². The van der Waals surface area contributed by atoms with Gasteiger partial charge in [0.05, 0.1) is 12.3 Å². The number of nitrogens with zero attached hydrogens (tertiary/aromatic N) is 2. The van der Waals surface area contributed by atoms with Crippen LogP contribution in [0.2, 0.25) is 0 Å². The average molecular weight is 453 g/mol. The molecule has 0 N–H and O–H groups in total. The van der Waals surface area contributed by atoms with Crippen LogP contribution in [0.25, 0.3) is 0 Å². The predicted molar refractivity (Wildman–Crippen MR) is 124 cm³/mol. The summed E-state index contributed by atoms with van der Waals surface area (Å²) >= 11 is 1.72. The van der Waals surface area contributed by atoms with Crippen molar-refractivity contribution in [2.75, 3.05) is 26.2 Å². The summed E-state index contributed by atoms with van der Waals surface area (Å²) in [7, 11) is 0. The van der Waals surface area contributed by atoms with E-state index in [9.17, 15) is 9.59 Å². The molecule has 0 bridgehead atoms. The van der Waals surface area contributed by atoms with E-state index in [0.717, 1.165) is 24.2 Å². The first-order chi connectivity index (χ1) is 15.6. The molecule has 1 aliphatic rings. The Bertz CT molecular complexity index is 1040. The lowest BCUT2D eigenvalue weighted by Crippen LogP contribution is -2.48. The topological polar surface area (TPSA) is 63.0 Å². The van der Waals surface area contributed by atoms with Gasteiger partial charge in [-0.25, -0.2) is 0 Å². The van der Waals surface area contributed by atoms with Crippen LogP contribution in [0.4, 0.5) is 0 Å². The van der Waals surface area contributed by atoms with Gasteiger partial charge in [-0.15, -0.1) is 11.3 Å². The van der Waals surface area contributed by atoms with Gasteiger partial charge in [-0.2, -0.15) is 0 Å². The Hall–Kier alpha value is -3.06. The summed E-state index contributed by atoms with van der Waals surface area (Å²) in [5.74, 6) is 0.703. The van der Waals surface area contributed by atoms with Crippen molar-refractivity contribution in [1.82, 2.24) is 9.80 Å². The molecular formula is C25H28N2O4S. The van der Waals surface area contributed by atoms with Crippen molar-refractivity contribution in [3.8, 4) is 5.75 Å². The molecule has 0 fully saturated rings. The van der Waals surface area contributed by atoms with Gasteiger partial charge >= 0.3 is 0 Å². The summed E-state index contributed by atoms with van der Waals surface area (Å²) in [4.78, 5) is 31.0. The van der Waals surface area contributed by atoms with E-state index in [-0.39, 0.29) is 30.2 Å². The number of ether oxygens (including phenoxy) is 1. The van der Waals surface area contributed by atoms with Crippen LogP contribution in [-0.2, 0) is 11.2 Å². The van der Waals surface area contributed by atoms with E-state index in [4.69, 9.17) is 9.15 Å². The highest BCUT2D eigenvalue weighted by Gasteiger charge is 2.33. The monoisotopic (exact) mass is 452 g/mol. The fourth-order valence-electron chi connectivity index (χ4n) is 4.02. The molecule has 0 spiro atoms. The fraction of sp³-hybridized carbons (Fsp3) is 0.360. The molecule has 32 heavy (non-hydrogen) atoms. The normalized spacial score (nSPS) is 15.3. The molecule has 3 heterocycles. The maximum Gasteiger partial charge on any atom is 0.290 e. The molecule has 0 unspecified atom stereocenters. The summed E-state index contributed by atoms with van der Waals surface area (Å²) in [5, 5.41) is 2.07. The molecule has 2 amide bonds. The van der Waals surface area contributed by atoms with Crippen molar-refractivity contribution < 1.29 is 18.7 Å². The molecule has 2 aromatic heterocycles. The number of rotatable bonds is 8. The second kappa shape index (κ2) is 10.0. The summed E-state index contributed by atoms with van der Waals surface area (Å²) in [6.45, 7) is 5.53. The summed E-state index contributed by atoms with van der Waals surface area (Å²) in [6, 6.07) is 13.1. The van der Waals surface area contributed by atoms with Gasteiger partial charge in [0.2, 0.25) is 5.91 Å². The molecule has 0 aliphatic carbocycles. The third-order valence-electron chi connectivity index (χ3n) is 5.68. The number of thiophene rings is 1. The van der Waals surface area contributed by atoms with Crippen LogP contribution in [0.1, 0.15) is 45.9 Å². The lowest BCUT2D eigenvalue weighted by Gasteiger charge is -2.37. The van der Waals surface area contributed by atoms with E-state index in [1.54, 1.807) is 28.4 Å². The highest BCUT2D eigenvalue weighted by Crippen LogP contribution is 2.34. The van der Waals surface area contributed by atoms with Crippen molar-refractivity contribution in [2.24, 2.45) is 0 Å². The number of aryl methyl sites for hydroxylation is 1. The highest BCUT2D eigenvalue weighted by molar-refractivity contribution is 7.10. The lowest BCUT2D eigenvalue weighted by atomic mass is 10.0. The smallest absolute Gasteiger partial charge is 0.290 e. The first kappa shape index (κ1) is 22.1. The van der Waals surface area contributed by atoms with Gasteiger partial charge in [-0.05, 0) is 61.0 Å². The van der Waals surface area contributed by atoms with Crippen molar-refractivity contribution in [3.63, 3.8) is 0 Å². The maximum atomic E-state index is 13.4. The van der Waals surface area contributed by atoms with E-state index in [1.807, 2.05) is 43.0 Å². The molecule has 0 radical (unpaired) electrons. The maximum absolute atomic E-state index is 13.4. The lowest BCUT2D eigenvalue weighted by molar-refractivity contribution is -0.135. The molecular weight excluding hydrogens is 424 g/mol. The van der Waals surface area contributed by atoms with Crippen molar-refractivity contribution >= 4 is 23.2 Å². The number of amides is 2. The van der Waals surface area contributed by atoms with Crippen molar-refractivity contribution in [2.45, 2.75) is 32.7 Å². The molecule has 1 aliphatic heterocycles. The first-order valence-electron chi connectivity index (χ1n) is 10.9. The minimum Gasteiger partial charge on any atom is -0.491 e. The number of benzene rings is 1. The molecule has 0 saturated carbocycles. The average Bonchev–Trinajstić information content (AvgIpc) is 3.50. The largest absolute Gasteiger partial charge is 0.491 e. The van der Waals surface area contributed by atoms with Gasteiger partial charge in [0.15, 0.2) is 5.76 Å². The van der Waals surface area contributed by atoms with Gasteiger partial charge < -0.3 is 19.0 Å². The molecule has 1 aromatic carbocycles. The predicted octanol–water partition coefficient (Wildman–Crippen LogP) is 4.71. The van der Waals surface area contributed by atoms with E-state index >= 15 is 0 Å². The van der Waals surface area contributed by atoms with Gasteiger partial charge in [-0.1, -0.05) is 24.6 Å². The van der Waals surface area contributed by atoms with Gasteiger partial charge in [0.1, 0.15) is 18.9 Å². The molecule has 6 nitrogen and oxygen atoms in total.